The summed E-state index contributed by atoms with van der Waals surface area (Å²) in [6.07, 6.45) is 29.1. The summed E-state index contributed by atoms with van der Waals surface area (Å²) in [4.78, 5) is 5.33. The lowest BCUT2D eigenvalue weighted by atomic mass is 9.67. The molecule has 0 N–H and O–H groups in total. The topological polar surface area (TPSA) is 12.5 Å². The Balaban J connectivity index is 0.818. The first-order valence-corrected chi connectivity index (χ1v) is 32.1. The van der Waals surface area contributed by atoms with E-state index >= 15 is 0 Å². The molecule has 0 amide bonds. The first-order valence-electron chi connectivity index (χ1n) is 32.1. The number of nitrogens with zero attached hydrogens (tertiary/aromatic N) is 4. The van der Waals surface area contributed by atoms with E-state index in [1.165, 1.54) is 176 Å². The molecule has 0 saturated heterocycles. The van der Waals surface area contributed by atoms with Crippen molar-refractivity contribution in [3.05, 3.63) is 299 Å². The standard InChI is InChI=1S/C82H80N4/c1-79(55-59-27-9-5-10-28-59)73(39-25-41-75-81(51-21-7-22-52-81)67-35-17-19-37-69(67)83(75)3)85(71-49-47-63-31-13-15-33-65(63)77(71)79)57-61-43-45-62(46-44-61)58-86-72-50-48-64-32-14-16-34-66(64)78(72)80(2,56-60-29-11-6-12-30-60)74(86)40-26-42-76-82(53-23-8-24-54-82)68-36-18-20-38-70(68)84(76)4/h5-6,9-20,25-50H,7-8,21-24,51-58H2,1-4H3/q+2. The number of hydrogen-bond donors (Lipinski definition) is 0. The Morgan fingerprint density at radius 2 is 0.756 bits per heavy atom. The van der Waals surface area contributed by atoms with Crippen LogP contribution >= 0.6 is 0 Å². The second-order valence-electron chi connectivity index (χ2n) is 26.4. The Morgan fingerprint density at radius 3 is 1.17 bits per heavy atom. The second kappa shape index (κ2) is 21.7. The molecule has 2 unspecified atom stereocenters. The van der Waals surface area contributed by atoms with Gasteiger partial charge in [0.1, 0.15) is 14.1 Å². The van der Waals surface area contributed by atoms with Crippen molar-refractivity contribution in [3.63, 3.8) is 0 Å². The van der Waals surface area contributed by atoms with Gasteiger partial charge in [0.05, 0.1) is 10.8 Å². The summed E-state index contributed by atoms with van der Waals surface area (Å²) < 4.78 is 4.99. The summed E-state index contributed by atoms with van der Waals surface area (Å²) in [5.41, 5.74) is 21.5. The highest BCUT2D eigenvalue weighted by molar-refractivity contribution is 6.05. The molecule has 9 aromatic carbocycles. The molecule has 0 radical (unpaired) electrons. The Labute approximate surface area is 510 Å². The summed E-state index contributed by atoms with van der Waals surface area (Å²) in [6, 6.07) is 78.1. The van der Waals surface area contributed by atoms with Crippen molar-refractivity contribution in [1.82, 2.24) is 0 Å². The summed E-state index contributed by atoms with van der Waals surface area (Å²) >= 11 is 0. The fourth-order valence-electron chi connectivity index (χ4n) is 17.5. The number of hydrogen-bond acceptors (Lipinski definition) is 2. The van der Waals surface area contributed by atoms with Crippen LogP contribution in [0.15, 0.2) is 254 Å². The molecule has 426 valence electrons. The van der Waals surface area contributed by atoms with Crippen LogP contribution in [0.1, 0.15) is 123 Å². The predicted octanol–water partition coefficient (Wildman–Crippen LogP) is 19.2. The molecule has 15 rings (SSSR count). The first kappa shape index (κ1) is 54.1. The van der Waals surface area contributed by atoms with Gasteiger partial charge in [-0.2, -0.15) is 9.15 Å². The Hall–Kier alpha value is -8.60. The third-order valence-electron chi connectivity index (χ3n) is 21.4. The zero-order valence-corrected chi connectivity index (χ0v) is 50.8. The molecule has 2 fully saturated rings. The van der Waals surface area contributed by atoms with Gasteiger partial charge in [-0.1, -0.05) is 233 Å². The number of anilines is 2. The van der Waals surface area contributed by atoms with Gasteiger partial charge in [-0.15, -0.1) is 0 Å². The van der Waals surface area contributed by atoms with Gasteiger partial charge >= 0.3 is 0 Å². The van der Waals surface area contributed by atoms with Crippen molar-refractivity contribution >= 4 is 55.7 Å². The number of allylic oxidation sites excluding steroid dienone is 8. The monoisotopic (exact) mass is 1120 g/mol. The smallest absolute Gasteiger partial charge is 0.209 e. The zero-order chi connectivity index (χ0) is 58.0. The van der Waals surface area contributed by atoms with Crippen LogP contribution in [0.25, 0.3) is 21.5 Å². The van der Waals surface area contributed by atoms with E-state index in [4.69, 9.17) is 0 Å². The van der Waals surface area contributed by atoms with E-state index < -0.39 is 0 Å². The second-order valence-corrected chi connectivity index (χ2v) is 26.4. The lowest BCUT2D eigenvalue weighted by Crippen LogP contribution is -2.36. The van der Waals surface area contributed by atoms with Crippen LogP contribution in [-0.4, -0.2) is 34.7 Å². The van der Waals surface area contributed by atoms with Gasteiger partial charge in [0, 0.05) is 82.1 Å². The largest absolute Gasteiger partial charge is 0.339 e. The van der Waals surface area contributed by atoms with Gasteiger partial charge in [0.25, 0.3) is 0 Å². The third-order valence-corrected chi connectivity index (χ3v) is 21.4. The Kier molecular flexibility index (Phi) is 13.7. The highest BCUT2D eigenvalue weighted by atomic mass is 15.2. The molecule has 6 aliphatic rings. The SMILES string of the molecule is C[N+]1=C(/C=C/C=C2/N(Cc3ccc(CN4/C(=C/C=C/C5=[N+](C)c6ccccc6C56CCCCC6)C(C)(Cc5ccccc5)c5c4ccc4ccccc54)cc3)c3ccc4ccccc4c3C2(C)Cc2ccccc2)C2(CCCCC2)c2ccccc21. The van der Waals surface area contributed by atoms with Crippen LogP contribution in [0.3, 0.4) is 0 Å². The number of para-hydroxylation sites is 2. The van der Waals surface area contributed by atoms with E-state index in [2.05, 4.69) is 290 Å². The van der Waals surface area contributed by atoms with Crippen molar-refractivity contribution in [3.8, 4) is 0 Å². The average Bonchev–Trinajstić information content (AvgIpc) is 1.81. The Bertz CT molecular complexity index is 4020. The predicted molar refractivity (Wildman–Crippen MR) is 360 cm³/mol. The van der Waals surface area contributed by atoms with Gasteiger partial charge in [-0.3, -0.25) is 0 Å². The summed E-state index contributed by atoms with van der Waals surface area (Å²) in [6.45, 7) is 6.54. The van der Waals surface area contributed by atoms with Crippen LogP contribution in [0.2, 0.25) is 0 Å². The van der Waals surface area contributed by atoms with E-state index in [0.717, 1.165) is 25.9 Å². The molecule has 4 heteroatoms. The molecule has 0 aromatic heterocycles. The minimum Gasteiger partial charge on any atom is -0.339 e. The number of benzene rings is 9. The van der Waals surface area contributed by atoms with Crippen LogP contribution in [0.5, 0.6) is 0 Å². The molecule has 0 bridgehead atoms. The molecule has 4 nitrogen and oxygen atoms in total. The van der Waals surface area contributed by atoms with E-state index in [9.17, 15) is 0 Å². The first-order chi connectivity index (χ1) is 42.2. The van der Waals surface area contributed by atoms with Crippen molar-refractivity contribution < 1.29 is 9.15 Å². The fraction of sp³-hybridized carbons (Fsp3) is 0.268. The molecule has 4 heterocycles. The van der Waals surface area contributed by atoms with Gasteiger partial charge in [0.2, 0.25) is 11.4 Å². The molecular weight excluding hydrogens is 1040 g/mol. The molecule has 9 aromatic rings. The molecular formula is C82H80N4+2. The maximum Gasteiger partial charge on any atom is 0.209 e. The summed E-state index contributed by atoms with van der Waals surface area (Å²) in [5, 5.41) is 5.24. The molecule has 2 saturated carbocycles. The van der Waals surface area contributed by atoms with E-state index in [1.807, 2.05) is 0 Å². The summed E-state index contributed by atoms with van der Waals surface area (Å²) in [5.74, 6) is 0. The van der Waals surface area contributed by atoms with Crippen molar-refractivity contribution in [2.75, 3.05) is 23.9 Å². The van der Waals surface area contributed by atoms with Gasteiger partial charge < -0.3 is 9.80 Å². The zero-order valence-electron chi connectivity index (χ0n) is 50.8. The van der Waals surface area contributed by atoms with Crippen LogP contribution < -0.4 is 9.80 Å². The molecule has 2 aliphatic carbocycles. The maximum atomic E-state index is 2.66. The third kappa shape index (κ3) is 8.83. The molecule has 86 heavy (non-hydrogen) atoms. The molecule has 4 aliphatic heterocycles. The lowest BCUT2D eigenvalue weighted by molar-refractivity contribution is -0.401. The van der Waals surface area contributed by atoms with Crippen molar-refractivity contribution in [2.45, 2.75) is 126 Å². The molecule has 2 atom stereocenters. The highest BCUT2D eigenvalue weighted by Crippen LogP contribution is 2.56. The maximum absolute atomic E-state index is 2.66. The summed E-state index contributed by atoms with van der Waals surface area (Å²) in [7, 11) is 4.59. The average molecular weight is 1120 g/mol. The van der Waals surface area contributed by atoms with Crippen molar-refractivity contribution in [2.24, 2.45) is 0 Å². The van der Waals surface area contributed by atoms with Gasteiger partial charge in [-0.25, -0.2) is 0 Å². The normalized spacial score (nSPS) is 22.0. The van der Waals surface area contributed by atoms with Crippen LogP contribution in [0, 0.1) is 0 Å². The Morgan fingerprint density at radius 1 is 0.384 bits per heavy atom. The van der Waals surface area contributed by atoms with Gasteiger partial charge in [-0.05, 0) is 132 Å². The minimum absolute atomic E-state index is 0.0533. The molecule has 2 spiro atoms. The van der Waals surface area contributed by atoms with Crippen LogP contribution in [0.4, 0.5) is 22.7 Å². The van der Waals surface area contributed by atoms with Crippen LogP contribution in [-0.2, 0) is 47.6 Å². The number of fused-ring (bicyclic) bond motifs is 10. The van der Waals surface area contributed by atoms with E-state index in [-0.39, 0.29) is 21.7 Å². The lowest BCUT2D eigenvalue weighted by Gasteiger charge is -2.32. The van der Waals surface area contributed by atoms with Crippen molar-refractivity contribution in [1.29, 1.82) is 0 Å². The fourth-order valence-corrected chi connectivity index (χ4v) is 17.5. The van der Waals surface area contributed by atoms with E-state index in [0.29, 0.717) is 0 Å². The number of rotatable bonds is 12. The van der Waals surface area contributed by atoms with Gasteiger partial charge in [0.15, 0.2) is 11.4 Å². The van der Waals surface area contributed by atoms with E-state index in [1.54, 1.807) is 0 Å². The minimum atomic E-state index is -0.316. The quantitative estimate of drug-likeness (QED) is 0.113. The highest BCUT2D eigenvalue weighted by Gasteiger charge is 2.52.